The van der Waals surface area contributed by atoms with Gasteiger partial charge in [0.2, 0.25) is 70.9 Å². The third-order valence-electron chi connectivity index (χ3n) is 24.0. The van der Waals surface area contributed by atoms with Crippen molar-refractivity contribution in [1.29, 1.82) is 0 Å². The molecule has 11 atom stereocenters. The summed E-state index contributed by atoms with van der Waals surface area (Å²) in [7, 11) is 12.3. The summed E-state index contributed by atoms with van der Waals surface area (Å²) in [6.07, 6.45) is -11.0. The van der Waals surface area contributed by atoms with E-state index in [1.165, 1.54) is 87.9 Å². The molecular weight excluding hydrogens is 1390 g/mol. The van der Waals surface area contributed by atoms with Gasteiger partial charge < -0.3 is 59.6 Å². The normalized spacial score (nSPS) is 32.0. The van der Waals surface area contributed by atoms with Gasteiger partial charge in [-0.05, 0) is 139 Å². The standard InChI is InChI=1S/C73H112F8N12O12/c1-13-43(3)60-68(103)86(7)42-58(96)88(9)52-25-16-15-21-35-93(67(52)102)55(39-44-27-30-47(31-28-44)72(76,77)78)65(100)85(6)41-56(94)82-50(32-29-45-37-48(74)59(49(75)38-45)73(79,80)81)63(98)92-36-22-26-53(92)66(101)91(12)71(33-19-20-34-71)70(105)90(11)61(46-23-17-18-24-46)69(104)89(10)54(64(99)84(4)5)40-57(95)87(8)51(14-2)62(97)83-60/h15-16,43-55,59-61H,13-14,17-42H2,1-12H3,(H,82,94)(H,83,97)/b16-15-/t43-,44?,45?,47?,48?,49?,50-,51-,52-,53-,54-,55-,59?,60-,61-/m0/s1. The molecule has 3 heterocycles. The Hall–Kier alpha value is -7.18. The minimum absolute atomic E-state index is 0.00462. The van der Waals surface area contributed by atoms with E-state index in [1.54, 1.807) is 32.9 Å². The zero-order chi connectivity index (χ0) is 78.1. The van der Waals surface area contributed by atoms with Gasteiger partial charge in [-0.2, -0.15) is 26.3 Å². The predicted molar refractivity (Wildman–Crippen MR) is 370 cm³/mol. The van der Waals surface area contributed by atoms with Crippen LogP contribution in [0.1, 0.15) is 175 Å². The molecule has 4 aliphatic carbocycles. The van der Waals surface area contributed by atoms with Crippen molar-refractivity contribution in [2.45, 2.75) is 253 Å². The molecule has 2 unspecified atom stereocenters. The van der Waals surface area contributed by atoms with Crippen LogP contribution in [0.25, 0.3) is 0 Å². The molecule has 0 radical (unpaired) electrons. The quantitative estimate of drug-likeness (QED) is 0.177. The molecule has 0 aromatic carbocycles. The topological polar surface area (TPSA) is 261 Å². The van der Waals surface area contributed by atoms with E-state index >= 15 is 37.5 Å². The van der Waals surface area contributed by atoms with E-state index in [0.29, 0.717) is 44.9 Å². The fourth-order valence-corrected chi connectivity index (χ4v) is 17.2. The second-order valence-corrected chi connectivity index (χ2v) is 31.0. The van der Waals surface area contributed by atoms with Crippen molar-refractivity contribution >= 4 is 70.9 Å². The minimum Gasteiger partial charge on any atom is -0.347 e. The highest BCUT2D eigenvalue weighted by atomic mass is 19.4. The van der Waals surface area contributed by atoms with Gasteiger partial charge in [0.05, 0.1) is 25.4 Å². The number of carbonyl (C=O) groups is 12. The second-order valence-electron chi connectivity index (χ2n) is 31.0. The van der Waals surface area contributed by atoms with Gasteiger partial charge in [-0.1, -0.05) is 65.0 Å². The van der Waals surface area contributed by atoms with Gasteiger partial charge in [0, 0.05) is 76.5 Å². The van der Waals surface area contributed by atoms with Gasteiger partial charge in [-0.3, -0.25) is 57.5 Å². The molecule has 7 rings (SSSR count). The number of alkyl halides is 8. The van der Waals surface area contributed by atoms with Crippen LogP contribution in [0.4, 0.5) is 35.1 Å². The average molecular weight is 1500 g/mol. The molecule has 2 bridgehead atoms. The molecule has 12 amide bonds. The highest BCUT2D eigenvalue weighted by Crippen LogP contribution is 2.46. The zero-order valence-corrected chi connectivity index (χ0v) is 63.1. The fourth-order valence-electron chi connectivity index (χ4n) is 17.2. The maximum Gasteiger partial charge on any atom is 0.397 e. The highest BCUT2D eigenvalue weighted by molar-refractivity contribution is 6.01. The minimum atomic E-state index is -5.20. The number of nitrogens with zero attached hydrogens (tertiary/aromatic N) is 10. The van der Waals surface area contributed by atoms with Crippen molar-refractivity contribution in [3.05, 3.63) is 12.2 Å². The molecule has 32 heteroatoms. The summed E-state index contributed by atoms with van der Waals surface area (Å²) in [5.41, 5.74) is -1.62. The number of hydrogen-bond donors (Lipinski definition) is 2. The van der Waals surface area contributed by atoms with Gasteiger partial charge in [0.15, 0.2) is 0 Å². The number of likely N-dealkylation sites (N-methyl/N-ethyl adjacent to an activating group) is 8. The first kappa shape index (κ1) is 85.1. The van der Waals surface area contributed by atoms with Crippen molar-refractivity contribution in [1.82, 2.24) is 59.6 Å². The Kier molecular flexibility index (Phi) is 29.3. The van der Waals surface area contributed by atoms with Crippen molar-refractivity contribution in [3.63, 3.8) is 0 Å². The molecule has 6 fully saturated rings. The summed E-state index contributed by atoms with van der Waals surface area (Å²) in [6, 6.07) is -11.1. The van der Waals surface area contributed by atoms with E-state index in [-0.39, 0.29) is 96.6 Å². The molecule has 1 spiro atoms. The number of halogens is 8. The summed E-state index contributed by atoms with van der Waals surface area (Å²) in [4.78, 5) is 192. The molecule has 3 aliphatic heterocycles. The van der Waals surface area contributed by atoms with Gasteiger partial charge in [-0.15, -0.1) is 0 Å². The van der Waals surface area contributed by atoms with Crippen LogP contribution in [-0.4, -0.2) is 288 Å². The largest absolute Gasteiger partial charge is 0.397 e. The smallest absolute Gasteiger partial charge is 0.347 e. The Morgan fingerprint density at radius 1 is 0.600 bits per heavy atom. The molecular formula is C73H112F8N12O12. The van der Waals surface area contributed by atoms with Gasteiger partial charge in [-0.25, -0.2) is 8.78 Å². The lowest BCUT2D eigenvalue weighted by atomic mass is 9.76. The maximum absolute atomic E-state index is 15.8. The molecule has 0 aromatic rings. The predicted octanol–water partition coefficient (Wildman–Crippen LogP) is 6.43. The highest BCUT2D eigenvalue weighted by Gasteiger charge is 2.56. The molecule has 2 saturated heterocycles. The van der Waals surface area contributed by atoms with E-state index in [2.05, 4.69) is 10.6 Å². The molecule has 0 aromatic heterocycles. The molecule has 24 nitrogen and oxygen atoms in total. The van der Waals surface area contributed by atoms with Gasteiger partial charge in [0.1, 0.15) is 72.1 Å². The first-order chi connectivity index (χ1) is 49.2. The number of hydrogen-bond acceptors (Lipinski definition) is 12. The Balaban J connectivity index is 1.31. The zero-order valence-electron chi connectivity index (χ0n) is 63.1. The van der Waals surface area contributed by atoms with Gasteiger partial charge in [0.25, 0.3) is 0 Å². The number of fused-ring (bicyclic) bond motifs is 3. The molecule has 592 valence electrons. The molecule has 2 N–H and O–H groups in total. The first-order valence-electron chi connectivity index (χ1n) is 37.5. The summed E-state index contributed by atoms with van der Waals surface area (Å²) < 4.78 is 115. The van der Waals surface area contributed by atoms with Crippen LogP contribution in [0.5, 0.6) is 0 Å². The molecule has 105 heavy (non-hydrogen) atoms. The Bertz CT molecular complexity index is 3150. The third kappa shape index (κ3) is 19.8. The average Bonchev–Trinajstić information content (AvgIpc) is 1.51. The van der Waals surface area contributed by atoms with Crippen LogP contribution < -0.4 is 10.6 Å². The van der Waals surface area contributed by atoms with Crippen LogP contribution >= 0.6 is 0 Å². The number of nitrogens with one attached hydrogen (secondary N) is 2. The van der Waals surface area contributed by atoms with E-state index in [0.717, 1.165) is 24.5 Å². The fraction of sp³-hybridized carbons (Fsp3) is 0.808. The lowest BCUT2D eigenvalue weighted by Crippen LogP contribution is -2.65. The van der Waals surface area contributed by atoms with Crippen molar-refractivity contribution in [2.24, 2.45) is 35.5 Å². The van der Waals surface area contributed by atoms with Crippen molar-refractivity contribution in [2.75, 3.05) is 89.6 Å². The van der Waals surface area contributed by atoms with E-state index in [4.69, 9.17) is 0 Å². The van der Waals surface area contributed by atoms with E-state index in [1.807, 2.05) is 0 Å². The third-order valence-corrected chi connectivity index (χ3v) is 24.0. The van der Waals surface area contributed by atoms with E-state index < -0.39 is 224 Å². The van der Waals surface area contributed by atoms with Crippen molar-refractivity contribution < 1.29 is 92.7 Å². The number of amides is 12. The van der Waals surface area contributed by atoms with Crippen LogP contribution in [0.15, 0.2) is 12.2 Å². The number of carbonyl (C=O) groups excluding carboxylic acids is 12. The molecule has 4 saturated carbocycles. The van der Waals surface area contributed by atoms with E-state index in [9.17, 15) is 55.1 Å². The second kappa shape index (κ2) is 36.1. The Morgan fingerprint density at radius 2 is 1.21 bits per heavy atom. The first-order valence-corrected chi connectivity index (χ1v) is 37.5. The van der Waals surface area contributed by atoms with Crippen LogP contribution in [0.2, 0.25) is 0 Å². The summed E-state index contributed by atoms with van der Waals surface area (Å²) in [5.74, 6) is -16.3. The SMILES string of the molecule is CC[C@H](C)[C@@H]1NC(=O)[C@H](CC)N(C)C(=O)C[C@@H](C(=O)N(C)C)N(C)C(=O)[C@H](C2CCCC2)N(C)C(=O)C2(CCCC2)N(C)C(=O)[C@@H]2CCCN2C(=O)[C@H](CCC2CC(F)C(C(F)(F)F)C(F)C2)NC(=O)CN(C)C(=O)[C@H](CC2CCC(C(F)(F)F)CC2)N2CC/C=C\C[C@@H](C2=O)N(C)C(=O)CN(C)C1=O. The summed E-state index contributed by atoms with van der Waals surface area (Å²) in [6.45, 7) is 3.37. The summed E-state index contributed by atoms with van der Waals surface area (Å²) >= 11 is 0. The van der Waals surface area contributed by atoms with Crippen LogP contribution in [-0.2, 0) is 57.5 Å². The van der Waals surface area contributed by atoms with Crippen LogP contribution in [0.3, 0.4) is 0 Å². The lowest BCUT2D eigenvalue weighted by Gasteiger charge is -2.45. The number of rotatable bonds is 10. The summed E-state index contributed by atoms with van der Waals surface area (Å²) in [5, 5.41) is 5.45. The van der Waals surface area contributed by atoms with Crippen molar-refractivity contribution in [3.8, 4) is 0 Å². The monoisotopic (exact) mass is 1500 g/mol. The Morgan fingerprint density at radius 3 is 1.78 bits per heavy atom. The molecule has 7 aliphatic rings. The maximum atomic E-state index is 15.8. The Labute approximate surface area is 611 Å². The van der Waals surface area contributed by atoms with Crippen LogP contribution in [0, 0.1) is 35.5 Å². The van der Waals surface area contributed by atoms with Gasteiger partial charge >= 0.3 is 12.4 Å². The lowest BCUT2D eigenvalue weighted by molar-refractivity contribution is -0.219.